The van der Waals surface area contributed by atoms with E-state index in [2.05, 4.69) is 0 Å². The zero-order chi connectivity index (χ0) is 20.7. The van der Waals surface area contributed by atoms with Crippen LogP contribution in [0.3, 0.4) is 0 Å². The minimum atomic E-state index is -0.922. The highest BCUT2D eigenvalue weighted by molar-refractivity contribution is 6.04. The van der Waals surface area contributed by atoms with Gasteiger partial charge in [0.2, 0.25) is 6.04 Å². The minimum absolute atomic E-state index is 0.0936. The van der Waals surface area contributed by atoms with Gasteiger partial charge in [-0.1, -0.05) is 91.0 Å². The summed E-state index contributed by atoms with van der Waals surface area (Å²) >= 11 is 0. The van der Waals surface area contributed by atoms with Crippen LogP contribution in [0.2, 0.25) is 0 Å². The van der Waals surface area contributed by atoms with E-state index in [1.165, 1.54) is 0 Å². The van der Waals surface area contributed by atoms with Crippen molar-refractivity contribution < 1.29 is 9.72 Å². The van der Waals surface area contributed by atoms with Crippen molar-refractivity contribution in [1.29, 1.82) is 0 Å². The van der Waals surface area contributed by atoms with Crippen LogP contribution in [0.1, 0.15) is 27.4 Å². The number of ketones is 1. The first-order valence-corrected chi connectivity index (χ1v) is 10.00. The van der Waals surface area contributed by atoms with Gasteiger partial charge in [0.15, 0.2) is 5.78 Å². The van der Waals surface area contributed by atoms with Gasteiger partial charge in [-0.2, -0.15) is 0 Å². The summed E-state index contributed by atoms with van der Waals surface area (Å²) < 4.78 is 0. The predicted molar refractivity (Wildman–Crippen MR) is 116 cm³/mol. The van der Waals surface area contributed by atoms with Gasteiger partial charge in [0.1, 0.15) is 12.1 Å². The number of fused-ring (bicyclic) bond motifs is 3. The van der Waals surface area contributed by atoms with E-state index in [0.717, 1.165) is 16.8 Å². The number of carbonyl (C=O) groups excluding carboxylic acids is 1. The van der Waals surface area contributed by atoms with Crippen LogP contribution in [0.5, 0.6) is 0 Å². The second kappa shape index (κ2) is 7.26. The molecular formula is C25H20N2O3. The van der Waals surface area contributed by atoms with Gasteiger partial charge in [0.05, 0.1) is 5.92 Å². The summed E-state index contributed by atoms with van der Waals surface area (Å²) in [5.74, 6) is -0.654. The normalized spacial score (nSPS) is 24.2. The Morgan fingerprint density at radius 1 is 0.867 bits per heavy atom. The number of carbonyl (C=O) groups is 1. The van der Waals surface area contributed by atoms with Crippen LogP contribution in [-0.4, -0.2) is 28.8 Å². The van der Waals surface area contributed by atoms with Gasteiger partial charge >= 0.3 is 0 Å². The molecule has 0 N–H and O–H groups in total. The van der Waals surface area contributed by atoms with Crippen LogP contribution in [-0.2, 0) is 0 Å². The molecule has 5 rings (SSSR count). The molecule has 1 fully saturated rings. The van der Waals surface area contributed by atoms with E-state index in [0.29, 0.717) is 5.56 Å². The molecule has 0 aromatic heterocycles. The second-order valence-corrected chi connectivity index (χ2v) is 7.70. The summed E-state index contributed by atoms with van der Waals surface area (Å²) in [7, 11) is 0. The smallest absolute Gasteiger partial charge is 0.245 e. The molecule has 3 aromatic rings. The van der Waals surface area contributed by atoms with E-state index < -0.39 is 24.0 Å². The first-order chi connectivity index (χ1) is 14.7. The standard InChI is InChI=1S/C25H20N2O3/c28-25(19-12-5-2-6-13-19)24-22(18-10-3-1-4-11-18)23(27(29)30)21-16-15-17-9-7-8-14-20(17)26(21)24/h1-16,21-24H/t21-,22+,23+,24-/m0/s1. The summed E-state index contributed by atoms with van der Waals surface area (Å²) in [5, 5.41) is 12.3. The van der Waals surface area contributed by atoms with Crippen molar-refractivity contribution in [2.75, 3.05) is 4.90 Å². The number of nitrogens with zero attached hydrogens (tertiary/aromatic N) is 2. The lowest BCUT2D eigenvalue weighted by Gasteiger charge is -2.34. The SMILES string of the molecule is O=C(c1ccccc1)[C@@H]1[C@H](c2ccccc2)[C@H]([N+](=O)[O-])[C@@H]2C=Cc3ccccc3N12. The van der Waals surface area contributed by atoms with E-state index in [9.17, 15) is 14.9 Å². The molecule has 0 amide bonds. The molecule has 4 atom stereocenters. The molecule has 5 nitrogen and oxygen atoms in total. The summed E-state index contributed by atoms with van der Waals surface area (Å²) in [5.41, 5.74) is 3.21. The third-order valence-electron chi connectivity index (χ3n) is 6.12. The van der Waals surface area contributed by atoms with Crippen LogP contribution >= 0.6 is 0 Å². The van der Waals surface area contributed by atoms with Gasteiger partial charge in [0.25, 0.3) is 0 Å². The fourth-order valence-electron chi connectivity index (χ4n) is 4.88. The van der Waals surface area contributed by atoms with Gasteiger partial charge in [-0.3, -0.25) is 14.9 Å². The molecule has 1 saturated heterocycles. The molecule has 148 valence electrons. The van der Waals surface area contributed by atoms with Crippen LogP contribution < -0.4 is 4.90 Å². The summed E-state index contributed by atoms with van der Waals surface area (Å²) in [4.78, 5) is 27.8. The van der Waals surface area contributed by atoms with E-state index in [-0.39, 0.29) is 10.7 Å². The molecule has 30 heavy (non-hydrogen) atoms. The Morgan fingerprint density at radius 2 is 1.50 bits per heavy atom. The third kappa shape index (κ3) is 2.82. The number of benzene rings is 3. The van der Waals surface area contributed by atoms with Crippen LogP contribution in [0.25, 0.3) is 6.08 Å². The fourth-order valence-corrected chi connectivity index (χ4v) is 4.88. The Morgan fingerprint density at radius 3 is 2.20 bits per heavy atom. The highest BCUT2D eigenvalue weighted by Gasteiger charge is 2.58. The molecule has 5 heteroatoms. The monoisotopic (exact) mass is 396 g/mol. The maximum atomic E-state index is 13.8. The Hall–Kier alpha value is -3.73. The van der Waals surface area contributed by atoms with Crippen molar-refractivity contribution in [2.45, 2.75) is 24.0 Å². The molecule has 0 radical (unpaired) electrons. The molecular weight excluding hydrogens is 376 g/mol. The Labute approximate surface area is 174 Å². The average molecular weight is 396 g/mol. The van der Waals surface area contributed by atoms with Gasteiger partial charge in [-0.15, -0.1) is 0 Å². The molecule has 2 aliphatic heterocycles. The number of para-hydroxylation sites is 1. The highest BCUT2D eigenvalue weighted by atomic mass is 16.6. The van der Waals surface area contributed by atoms with Crippen molar-refractivity contribution in [1.82, 2.24) is 0 Å². The first kappa shape index (κ1) is 18.3. The summed E-state index contributed by atoms with van der Waals surface area (Å²) in [6, 6.07) is 24.2. The Balaban J connectivity index is 1.73. The molecule has 0 aliphatic carbocycles. The zero-order valence-corrected chi connectivity index (χ0v) is 16.2. The topological polar surface area (TPSA) is 63.4 Å². The quantitative estimate of drug-likeness (QED) is 0.368. The molecule has 2 heterocycles. The van der Waals surface area contributed by atoms with E-state index >= 15 is 0 Å². The Bertz CT molecular complexity index is 1130. The lowest BCUT2D eigenvalue weighted by Crippen LogP contribution is -2.44. The van der Waals surface area contributed by atoms with Crippen LogP contribution in [0.15, 0.2) is 91.0 Å². The van der Waals surface area contributed by atoms with Gasteiger partial charge in [-0.05, 0) is 17.2 Å². The van der Waals surface area contributed by atoms with E-state index in [4.69, 9.17) is 0 Å². The zero-order valence-electron chi connectivity index (χ0n) is 16.2. The molecule has 2 aliphatic rings. The summed E-state index contributed by atoms with van der Waals surface area (Å²) in [6.07, 6.45) is 3.81. The lowest BCUT2D eigenvalue weighted by molar-refractivity contribution is -0.524. The highest BCUT2D eigenvalue weighted by Crippen LogP contribution is 2.46. The van der Waals surface area contributed by atoms with Crippen molar-refractivity contribution in [3.8, 4) is 0 Å². The van der Waals surface area contributed by atoms with Crippen LogP contribution in [0, 0.1) is 10.1 Å². The van der Waals surface area contributed by atoms with Gasteiger partial charge in [-0.25, -0.2) is 0 Å². The lowest BCUT2D eigenvalue weighted by atomic mass is 9.84. The van der Waals surface area contributed by atoms with Crippen LogP contribution in [0.4, 0.5) is 5.69 Å². The van der Waals surface area contributed by atoms with Crippen molar-refractivity contribution in [2.24, 2.45) is 0 Å². The minimum Gasteiger partial charge on any atom is -0.346 e. The number of hydrogen-bond donors (Lipinski definition) is 0. The predicted octanol–water partition coefficient (Wildman–Crippen LogP) is 4.58. The number of hydrogen-bond acceptors (Lipinski definition) is 4. The van der Waals surface area contributed by atoms with Gasteiger partial charge in [0, 0.05) is 16.2 Å². The molecule has 0 saturated carbocycles. The Kier molecular flexibility index (Phi) is 4.43. The number of anilines is 1. The molecule has 0 unspecified atom stereocenters. The maximum absolute atomic E-state index is 13.8. The molecule has 0 spiro atoms. The first-order valence-electron chi connectivity index (χ1n) is 10.00. The number of rotatable bonds is 4. The molecule has 0 bridgehead atoms. The van der Waals surface area contributed by atoms with Gasteiger partial charge < -0.3 is 4.90 Å². The van der Waals surface area contributed by atoms with Crippen molar-refractivity contribution in [3.63, 3.8) is 0 Å². The number of Topliss-reactive ketones (excluding diaryl/α,β-unsaturated/α-hetero) is 1. The summed E-state index contributed by atoms with van der Waals surface area (Å²) in [6.45, 7) is 0. The average Bonchev–Trinajstić information content (AvgIpc) is 3.16. The second-order valence-electron chi connectivity index (χ2n) is 7.70. The third-order valence-corrected chi connectivity index (χ3v) is 6.12. The fraction of sp³-hybridized carbons (Fsp3) is 0.160. The van der Waals surface area contributed by atoms with E-state index in [1.54, 1.807) is 12.1 Å². The largest absolute Gasteiger partial charge is 0.346 e. The maximum Gasteiger partial charge on any atom is 0.245 e. The molecule has 3 aromatic carbocycles. The number of nitro groups is 1. The van der Waals surface area contributed by atoms with Crippen molar-refractivity contribution in [3.05, 3.63) is 118 Å². The van der Waals surface area contributed by atoms with Crippen molar-refractivity contribution >= 4 is 17.5 Å². The van der Waals surface area contributed by atoms with E-state index in [1.807, 2.05) is 89.8 Å².